The highest BCUT2D eigenvalue weighted by molar-refractivity contribution is 7.99. The van der Waals surface area contributed by atoms with Crippen LogP contribution in [0.1, 0.15) is 20.3 Å². The Hall–Kier alpha value is -1.82. The topological polar surface area (TPSA) is 49.4 Å². The Morgan fingerprint density at radius 3 is 2.86 bits per heavy atom. The number of thioether (sulfide) groups is 1. The van der Waals surface area contributed by atoms with Crippen LogP contribution in [0.2, 0.25) is 0 Å². The lowest BCUT2D eigenvalue weighted by Crippen LogP contribution is -2.44. The van der Waals surface area contributed by atoms with E-state index in [1.165, 1.54) is 23.9 Å². The van der Waals surface area contributed by atoms with Gasteiger partial charge in [0, 0.05) is 11.3 Å². The van der Waals surface area contributed by atoms with Gasteiger partial charge in [0.25, 0.3) is 5.91 Å². The molecule has 1 aromatic carbocycles. The van der Waals surface area contributed by atoms with Gasteiger partial charge in [-0.25, -0.2) is 4.39 Å². The molecule has 0 spiro atoms. The maximum atomic E-state index is 13.6. The van der Waals surface area contributed by atoms with Crippen molar-refractivity contribution in [3.8, 4) is 0 Å². The predicted molar refractivity (Wildman–Crippen MR) is 87.0 cm³/mol. The van der Waals surface area contributed by atoms with E-state index in [-0.39, 0.29) is 17.5 Å². The number of benzene rings is 1. The Bertz CT molecular complexity index is 604. The van der Waals surface area contributed by atoms with Crippen molar-refractivity contribution in [2.24, 2.45) is 0 Å². The number of hydrogen-bond donors (Lipinski definition) is 1. The van der Waals surface area contributed by atoms with E-state index in [0.717, 1.165) is 6.42 Å². The lowest BCUT2D eigenvalue weighted by molar-refractivity contribution is -0.133. The molecule has 1 N–H and O–H groups in total. The second-order valence-electron chi connectivity index (χ2n) is 5.06. The van der Waals surface area contributed by atoms with E-state index >= 15 is 0 Å². The first-order valence-corrected chi connectivity index (χ1v) is 8.31. The monoisotopic (exact) mass is 322 g/mol. The van der Waals surface area contributed by atoms with E-state index in [9.17, 15) is 14.0 Å². The van der Waals surface area contributed by atoms with Crippen molar-refractivity contribution in [1.29, 1.82) is 0 Å². The lowest BCUT2D eigenvalue weighted by atomic mass is 10.2. The van der Waals surface area contributed by atoms with Crippen LogP contribution in [0.5, 0.6) is 0 Å². The summed E-state index contributed by atoms with van der Waals surface area (Å²) >= 11 is 1.52. The van der Waals surface area contributed by atoms with E-state index in [1.807, 2.05) is 13.0 Å². The van der Waals surface area contributed by atoms with Crippen molar-refractivity contribution in [3.05, 3.63) is 41.7 Å². The van der Waals surface area contributed by atoms with Crippen LogP contribution in [0.15, 0.2) is 35.9 Å². The number of amides is 2. The van der Waals surface area contributed by atoms with Gasteiger partial charge in [-0.1, -0.05) is 25.1 Å². The van der Waals surface area contributed by atoms with Crippen molar-refractivity contribution in [3.63, 3.8) is 0 Å². The van der Waals surface area contributed by atoms with Gasteiger partial charge in [-0.3, -0.25) is 9.59 Å². The van der Waals surface area contributed by atoms with Gasteiger partial charge in [-0.05, 0) is 25.5 Å². The molecule has 0 saturated carbocycles. The fourth-order valence-electron chi connectivity index (χ4n) is 2.26. The van der Waals surface area contributed by atoms with Crippen molar-refractivity contribution >= 4 is 29.3 Å². The van der Waals surface area contributed by atoms with Crippen molar-refractivity contribution in [2.45, 2.75) is 26.3 Å². The molecule has 0 unspecified atom stereocenters. The highest BCUT2D eigenvalue weighted by Gasteiger charge is 2.35. The van der Waals surface area contributed by atoms with Crippen LogP contribution < -0.4 is 5.32 Å². The summed E-state index contributed by atoms with van der Waals surface area (Å²) in [4.78, 5) is 26.3. The summed E-state index contributed by atoms with van der Waals surface area (Å²) in [5.74, 6) is 0.0174. The third-order valence-corrected chi connectivity index (χ3v) is 4.44. The smallest absolute Gasteiger partial charge is 0.250 e. The number of carbonyl (C=O) groups is 2. The quantitative estimate of drug-likeness (QED) is 0.867. The second-order valence-corrected chi connectivity index (χ2v) is 6.05. The Morgan fingerprint density at radius 1 is 1.45 bits per heavy atom. The summed E-state index contributed by atoms with van der Waals surface area (Å²) in [5, 5.41) is 2.57. The van der Waals surface area contributed by atoms with Gasteiger partial charge >= 0.3 is 0 Å². The molecule has 1 aliphatic heterocycles. The largest absolute Gasteiger partial charge is 0.322 e. The average Bonchev–Trinajstić information content (AvgIpc) is 2.98. The highest BCUT2D eigenvalue weighted by Crippen LogP contribution is 2.24. The zero-order valence-electron chi connectivity index (χ0n) is 12.6. The third kappa shape index (κ3) is 3.68. The van der Waals surface area contributed by atoms with Crippen LogP contribution in [0, 0.1) is 5.82 Å². The number of hydrogen-bond acceptors (Lipinski definition) is 3. The van der Waals surface area contributed by atoms with Crippen LogP contribution in [-0.4, -0.2) is 34.4 Å². The van der Waals surface area contributed by atoms with Gasteiger partial charge in [0.05, 0.1) is 11.6 Å². The highest BCUT2D eigenvalue weighted by atomic mass is 32.2. The molecule has 0 aromatic heterocycles. The van der Waals surface area contributed by atoms with Gasteiger partial charge in [0.15, 0.2) is 0 Å². The Kier molecular flexibility index (Phi) is 5.60. The molecule has 6 heteroatoms. The molecular formula is C16H19FN2O2S. The number of rotatable bonds is 4. The predicted octanol–water partition coefficient (Wildman–Crippen LogP) is 3.02. The fraction of sp³-hybridized carbons (Fsp3) is 0.375. The zero-order valence-corrected chi connectivity index (χ0v) is 13.5. The van der Waals surface area contributed by atoms with Crippen LogP contribution in [0.3, 0.4) is 0 Å². The zero-order chi connectivity index (χ0) is 16.1. The van der Waals surface area contributed by atoms with Gasteiger partial charge in [-0.2, -0.15) is 0 Å². The maximum absolute atomic E-state index is 13.6. The molecule has 0 bridgehead atoms. The Labute approximate surface area is 133 Å². The van der Waals surface area contributed by atoms with E-state index in [4.69, 9.17) is 0 Å². The summed E-state index contributed by atoms with van der Waals surface area (Å²) in [7, 11) is 0. The molecule has 2 amide bonds. The fourth-order valence-corrected chi connectivity index (χ4v) is 3.41. The van der Waals surface area contributed by atoms with Crippen LogP contribution in [0.25, 0.3) is 0 Å². The molecule has 0 aliphatic carbocycles. The summed E-state index contributed by atoms with van der Waals surface area (Å²) in [6.07, 6.45) is 2.61. The van der Waals surface area contributed by atoms with E-state index in [1.54, 1.807) is 24.0 Å². The Balaban J connectivity index is 2.10. The number of carbonyl (C=O) groups excluding carboxylic acids is 2. The molecule has 0 radical (unpaired) electrons. The maximum Gasteiger partial charge on any atom is 0.250 e. The first kappa shape index (κ1) is 16.5. The van der Waals surface area contributed by atoms with Crippen molar-refractivity contribution in [1.82, 2.24) is 4.90 Å². The minimum atomic E-state index is -0.572. The molecule has 118 valence electrons. The summed E-state index contributed by atoms with van der Waals surface area (Å²) < 4.78 is 13.6. The summed E-state index contributed by atoms with van der Waals surface area (Å²) in [6.45, 7) is 3.71. The molecule has 1 saturated heterocycles. The number of nitrogens with zero attached hydrogens (tertiary/aromatic N) is 1. The van der Waals surface area contributed by atoms with Crippen LogP contribution >= 0.6 is 11.8 Å². The average molecular weight is 322 g/mol. The Morgan fingerprint density at radius 2 is 2.18 bits per heavy atom. The number of para-hydroxylation sites is 1. The molecule has 1 fully saturated rings. The van der Waals surface area contributed by atoms with Gasteiger partial charge in [-0.15, -0.1) is 11.8 Å². The summed E-state index contributed by atoms with van der Waals surface area (Å²) in [6, 6.07) is 5.43. The molecule has 1 atom stereocenters. The normalized spacial score (nSPS) is 18.4. The third-order valence-electron chi connectivity index (χ3n) is 3.43. The van der Waals surface area contributed by atoms with Crippen molar-refractivity contribution < 1.29 is 14.0 Å². The SMILES string of the molecule is CC/C=C(/C)C(=O)N1CSC[C@@H]1C(=O)Nc1ccccc1F. The number of halogens is 1. The van der Waals surface area contributed by atoms with E-state index in [0.29, 0.717) is 17.2 Å². The van der Waals surface area contributed by atoms with Gasteiger partial charge < -0.3 is 10.2 Å². The minimum absolute atomic E-state index is 0.137. The molecule has 4 nitrogen and oxygen atoms in total. The first-order valence-electron chi connectivity index (χ1n) is 7.15. The van der Waals surface area contributed by atoms with E-state index < -0.39 is 11.9 Å². The second kappa shape index (κ2) is 7.45. The number of anilines is 1. The van der Waals surface area contributed by atoms with Crippen LogP contribution in [-0.2, 0) is 9.59 Å². The molecule has 2 rings (SSSR count). The lowest BCUT2D eigenvalue weighted by Gasteiger charge is -2.23. The van der Waals surface area contributed by atoms with Crippen molar-refractivity contribution in [2.75, 3.05) is 16.9 Å². The van der Waals surface area contributed by atoms with Gasteiger partial charge in [0.1, 0.15) is 11.9 Å². The number of nitrogens with one attached hydrogen (secondary N) is 1. The van der Waals surface area contributed by atoms with Gasteiger partial charge in [0.2, 0.25) is 5.91 Å². The van der Waals surface area contributed by atoms with Crippen LogP contribution in [0.4, 0.5) is 10.1 Å². The summed E-state index contributed by atoms with van der Waals surface area (Å²) in [5.41, 5.74) is 0.770. The van der Waals surface area contributed by atoms with E-state index in [2.05, 4.69) is 5.32 Å². The molecule has 1 heterocycles. The molecular weight excluding hydrogens is 303 g/mol. The minimum Gasteiger partial charge on any atom is -0.322 e. The molecule has 22 heavy (non-hydrogen) atoms. The first-order chi connectivity index (χ1) is 10.5. The molecule has 1 aliphatic rings. The molecule has 1 aromatic rings. The number of allylic oxidation sites excluding steroid dienone is 1. The standard InChI is InChI=1S/C16H19FN2O2S/c1-3-6-11(2)16(21)19-10-22-9-14(19)15(20)18-13-8-5-4-7-12(13)17/h4-8,14H,3,9-10H2,1-2H3,(H,18,20)/b11-6-/t14-/m1/s1.